The Hall–Kier alpha value is -3.73. The number of rotatable bonds is 4. The van der Waals surface area contributed by atoms with E-state index in [1.54, 1.807) is 30.3 Å². The lowest BCUT2D eigenvalue weighted by molar-refractivity contribution is -0.120. The highest BCUT2D eigenvalue weighted by molar-refractivity contribution is 6.46. The van der Waals surface area contributed by atoms with E-state index in [1.807, 2.05) is 31.2 Å². The van der Waals surface area contributed by atoms with Crippen molar-refractivity contribution in [3.63, 3.8) is 0 Å². The fraction of sp³-hybridized carbons (Fsp3) is 0.0435. The lowest BCUT2D eigenvalue weighted by Gasteiger charge is -2.16. The summed E-state index contributed by atoms with van der Waals surface area (Å²) in [5, 5.41) is 3.01. The van der Waals surface area contributed by atoms with E-state index in [0.717, 1.165) is 5.56 Å². The van der Waals surface area contributed by atoms with E-state index >= 15 is 0 Å². The van der Waals surface area contributed by atoms with E-state index < -0.39 is 11.8 Å². The molecule has 0 aliphatic carbocycles. The molecule has 1 N–H and O–H groups in total. The maximum absolute atomic E-state index is 13.2. The van der Waals surface area contributed by atoms with Gasteiger partial charge in [-0.3, -0.25) is 9.59 Å². The van der Waals surface area contributed by atoms with Crippen LogP contribution in [0.3, 0.4) is 0 Å². The number of hydrogen-bond acceptors (Lipinski definition) is 3. The zero-order valence-electron chi connectivity index (χ0n) is 15.1. The van der Waals surface area contributed by atoms with Gasteiger partial charge in [0.2, 0.25) is 0 Å². The Morgan fingerprint density at radius 1 is 0.821 bits per heavy atom. The third kappa shape index (κ3) is 3.18. The van der Waals surface area contributed by atoms with Gasteiger partial charge in [0.05, 0.1) is 11.3 Å². The highest BCUT2D eigenvalue weighted by Crippen LogP contribution is 2.33. The summed E-state index contributed by atoms with van der Waals surface area (Å²) in [5.41, 5.74) is 3.08. The lowest BCUT2D eigenvalue weighted by Crippen LogP contribution is -2.32. The number of nitrogens with zero attached hydrogens (tertiary/aromatic N) is 1. The number of carbonyl (C=O) groups excluding carboxylic acids is 2. The second-order valence-corrected chi connectivity index (χ2v) is 6.53. The largest absolute Gasteiger partial charge is 0.350 e. The summed E-state index contributed by atoms with van der Waals surface area (Å²) in [6, 6.07) is 21.9. The van der Waals surface area contributed by atoms with Crippen LogP contribution in [0.25, 0.3) is 5.57 Å². The van der Waals surface area contributed by atoms with Crippen molar-refractivity contribution in [3.8, 4) is 0 Å². The maximum Gasteiger partial charge on any atom is 0.282 e. The summed E-state index contributed by atoms with van der Waals surface area (Å²) < 4.78 is 13.2. The Morgan fingerprint density at radius 2 is 1.54 bits per heavy atom. The van der Waals surface area contributed by atoms with E-state index in [2.05, 4.69) is 5.32 Å². The molecule has 2 amide bonds. The number of amides is 2. The molecule has 0 fully saturated rings. The van der Waals surface area contributed by atoms with Crippen molar-refractivity contribution >= 4 is 28.8 Å². The van der Waals surface area contributed by atoms with Gasteiger partial charge in [-0.15, -0.1) is 0 Å². The summed E-state index contributed by atoms with van der Waals surface area (Å²) in [7, 11) is 0. The number of imide groups is 1. The van der Waals surface area contributed by atoms with Crippen molar-refractivity contribution in [2.75, 3.05) is 10.2 Å². The van der Waals surface area contributed by atoms with Crippen molar-refractivity contribution in [1.29, 1.82) is 0 Å². The topological polar surface area (TPSA) is 49.4 Å². The van der Waals surface area contributed by atoms with Crippen molar-refractivity contribution in [1.82, 2.24) is 0 Å². The molecule has 1 aliphatic heterocycles. The molecule has 0 spiro atoms. The molecule has 0 atom stereocenters. The molecule has 0 saturated carbocycles. The van der Waals surface area contributed by atoms with E-state index in [1.165, 1.54) is 29.2 Å². The smallest absolute Gasteiger partial charge is 0.282 e. The summed E-state index contributed by atoms with van der Waals surface area (Å²) in [5.74, 6) is -1.22. The molecule has 28 heavy (non-hydrogen) atoms. The van der Waals surface area contributed by atoms with E-state index in [0.29, 0.717) is 16.9 Å². The predicted molar refractivity (Wildman–Crippen MR) is 107 cm³/mol. The second kappa shape index (κ2) is 7.12. The van der Waals surface area contributed by atoms with Crippen molar-refractivity contribution in [2.45, 2.75) is 6.92 Å². The molecule has 4 rings (SSSR count). The molecular formula is C23H17FN2O2. The minimum atomic E-state index is -0.446. The van der Waals surface area contributed by atoms with Gasteiger partial charge in [-0.1, -0.05) is 42.5 Å². The Labute approximate surface area is 161 Å². The average molecular weight is 372 g/mol. The first-order valence-corrected chi connectivity index (χ1v) is 8.82. The monoisotopic (exact) mass is 372 g/mol. The molecule has 3 aromatic rings. The Morgan fingerprint density at radius 3 is 2.21 bits per heavy atom. The van der Waals surface area contributed by atoms with Gasteiger partial charge in [-0.2, -0.15) is 0 Å². The first-order valence-electron chi connectivity index (χ1n) is 8.82. The second-order valence-electron chi connectivity index (χ2n) is 6.53. The number of benzene rings is 3. The molecule has 3 aromatic carbocycles. The number of carbonyl (C=O) groups is 2. The molecule has 1 aliphatic rings. The van der Waals surface area contributed by atoms with Crippen molar-refractivity contribution in [2.24, 2.45) is 0 Å². The zero-order chi connectivity index (χ0) is 19.7. The molecule has 0 bridgehead atoms. The first kappa shape index (κ1) is 17.7. The number of hydrogen-bond donors (Lipinski definition) is 1. The van der Waals surface area contributed by atoms with Gasteiger partial charge in [-0.05, 0) is 54.4 Å². The van der Waals surface area contributed by atoms with Gasteiger partial charge in [0.1, 0.15) is 11.5 Å². The molecule has 4 nitrogen and oxygen atoms in total. The van der Waals surface area contributed by atoms with Crippen LogP contribution in [-0.4, -0.2) is 11.8 Å². The van der Waals surface area contributed by atoms with Gasteiger partial charge >= 0.3 is 0 Å². The quantitative estimate of drug-likeness (QED) is 0.685. The van der Waals surface area contributed by atoms with Gasteiger partial charge in [0, 0.05) is 5.69 Å². The number of aryl methyl sites for hydroxylation is 1. The normalized spacial score (nSPS) is 14.0. The third-order valence-electron chi connectivity index (χ3n) is 4.52. The summed E-state index contributed by atoms with van der Waals surface area (Å²) in [6.07, 6.45) is 0. The fourth-order valence-corrected chi connectivity index (χ4v) is 3.20. The Kier molecular flexibility index (Phi) is 4.49. The molecule has 0 saturated heterocycles. The minimum absolute atomic E-state index is 0.171. The van der Waals surface area contributed by atoms with Crippen LogP contribution in [-0.2, 0) is 9.59 Å². The molecule has 0 unspecified atom stereocenters. The number of nitrogens with one attached hydrogen (secondary N) is 1. The van der Waals surface area contributed by atoms with Crippen molar-refractivity contribution < 1.29 is 14.0 Å². The Balaban J connectivity index is 1.81. The fourth-order valence-electron chi connectivity index (χ4n) is 3.20. The van der Waals surface area contributed by atoms with Crippen molar-refractivity contribution in [3.05, 3.63) is 102 Å². The standard InChI is InChI=1S/C23H17FN2O2/c1-15-6-5-9-19(14-15)26-22(27)20(16-7-3-2-4-8-16)21(23(26)28)25-18-12-10-17(24)11-13-18/h2-14,25H,1H3. The van der Waals surface area contributed by atoms with Gasteiger partial charge in [-0.25, -0.2) is 9.29 Å². The number of halogens is 1. The van der Waals surface area contributed by atoms with Crippen LogP contribution >= 0.6 is 0 Å². The molecule has 0 aromatic heterocycles. The lowest BCUT2D eigenvalue weighted by atomic mass is 10.0. The number of anilines is 2. The van der Waals surface area contributed by atoms with Crippen LogP contribution in [0.15, 0.2) is 84.6 Å². The van der Waals surface area contributed by atoms with Crippen LogP contribution < -0.4 is 10.2 Å². The SMILES string of the molecule is Cc1cccc(N2C(=O)C(Nc3ccc(F)cc3)=C(c3ccccc3)C2=O)c1. The van der Waals surface area contributed by atoms with Crippen LogP contribution in [0.4, 0.5) is 15.8 Å². The van der Waals surface area contributed by atoms with Gasteiger partial charge in [0.15, 0.2) is 0 Å². The minimum Gasteiger partial charge on any atom is -0.350 e. The van der Waals surface area contributed by atoms with Crippen LogP contribution in [0, 0.1) is 12.7 Å². The van der Waals surface area contributed by atoms with Crippen LogP contribution in [0.5, 0.6) is 0 Å². The first-order chi connectivity index (χ1) is 13.5. The highest BCUT2D eigenvalue weighted by atomic mass is 19.1. The Bertz CT molecular complexity index is 1090. The highest BCUT2D eigenvalue weighted by Gasteiger charge is 2.40. The van der Waals surface area contributed by atoms with E-state index in [4.69, 9.17) is 0 Å². The molecule has 5 heteroatoms. The van der Waals surface area contributed by atoms with E-state index in [-0.39, 0.29) is 17.1 Å². The molecule has 0 radical (unpaired) electrons. The van der Waals surface area contributed by atoms with Crippen LogP contribution in [0.1, 0.15) is 11.1 Å². The summed E-state index contributed by atoms with van der Waals surface area (Å²) >= 11 is 0. The van der Waals surface area contributed by atoms with Crippen LogP contribution in [0.2, 0.25) is 0 Å². The third-order valence-corrected chi connectivity index (χ3v) is 4.52. The summed E-state index contributed by atoms with van der Waals surface area (Å²) in [6.45, 7) is 1.90. The average Bonchev–Trinajstić information content (AvgIpc) is 2.94. The van der Waals surface area contributed by atoms with E-state index in [9.17, 15) is 14.0 Å². The van der Waals surface area contributed by atoms with Gasteiger partial charge in [0.25, 0.3) is 11.8 Å². The summed E-state index contributed by atoms with van der Waals surface area (Å²) in [4.78, 5) is 27.6. The zero-order valence-corrected chi connectivity index (χ0v) is 15.1. The molecule has 138 valence electrons. The molecule has 1 heterocycles. The molecular weight excluding hydrogens is 355 g/mol. The van der Waals surface area contributed by atoms with Gasteiger partial charge < -0.3 is 5.32 Å². The maximum atomic E-state index is 13.2. The predicted octanol–water partition coefficient (Wildman–Crippen LogP) is 4.53.